The van der Waals surface area contributed by atoms with Crippen molar-refractivity contribution in [2.24, 2.45) is 0 Å². The van der Waals surface area contributed by atoms with Gasteiger partial charge in [-0.15, -0.1) is 0 Å². The molecular formula is C23H23ClN2O2. The van der Waals surface area contributed by atoms with E-state index in [0.717, 1.165) is 21.9 Å². The maximum atomic E-state index is 12.5. The number of rotatable bonds is 6. The molecule has 0 radical (unpaired) electrons. The molecule has 0 fully saturated rings. The quantitative estimate of drug-likeness (QED) is 0.650. The van der Waals surface area contributed by atoms with Gasteiger partial charge in [0.05, 0.1) is 12.5 Å². The number of carbonyl (C=O) groups is 2. The Bertz CT molecular complexity index is 997. The van der Waals surface area contributed by atoms with E-state index >= 15 is 0 Å². The van der Waals surface area contributed by atoms with E-state index in [9.17, 15) is 9.59 Å². The highest BCUT2D eigenvalue weighted by atomic mass is 35.5. The van der Waals surface area contributed by atoms with Crippen molar-refractivity contribution < 1.29 is 9.59 Å². The van der Waals surface area contributed by atoms with Gasteiger partial charge in [0, 0.05) is 5.02 Å². The molecule has 5 heteroatoms. The second kappa shape index (κ2) is 8.89. The highest BCUT2D eigenvalue weighted by Gasteiger charge is 2.19. The molecule has 0 heterocycles. The van der Waals surface area contributed by atoms with E-state index in [1.807, 2.05) is 67.6 Å². The predicted molar refractivity (Wildman–Crippen MR) is 113 cm³/mol. The fourth-order valence-corrected chi connectivity index (χ4v) is 3.52. The zero-order chi connectivity index (χ0) is 20.1. The lowest BCUT2D eigenvalue weighted by Gasteiger charge is -2.19. The maximum Gasteiger partial charge on any atom is 0.242 e. The highest BCUT2D eigenvalue weighted by molar-refractivity contribution is 6.31. The first-order valence-electron chi connectivity index (χ1n) is 9.26. The monoisotopic (exact) mass is 394 g/mol. The molecule has 2 N–H and O–H groups in total. The molecule has 28 heavy (non-hydrogen) atoms. The minimum Gasteiger partial charge on any atom is -0.348 e. The van der Waals surface area contributed by atoms with Crippen molar-refractivity contribution >= 4 is 34.2 Å². The van der Waals surface area contributed by atoms with Crippen molar-refractivity contribution in [1.29, 1.82) is 0 Å². The number of fused-ring (bicyclic) bond motifs is 1. The molecule has 0 aromatic heterocycles. The number of amides is 2. The van der Waals surface area contributed by atoms with Crippen LogP contribution in [0.4, 0.5) is 0 Å². The minimum absolute atomic E-state index is 0.190. The summed E-state index contributed by atoms with van der Waals surface area (Å²) in [6.07, 6.45) is 0.221. The third-order valence-corrected chi connectivity index (χ3v) is 5.08. The fraction of sp³-hybridized carbons (Fsp3) is 0.217. The van der Waals surface area contributed by atoms with Gasteiger partial charge in [-0.1, -0.05) is 72.3 Å². The van der Waals surface area contributed by atoms with E-state index in [1.165, 1.54) is 0 Å². The standard InChI is InChI=1S/C23H23ClN2O2/c1-15(19-11-5-6-13-21(19)24)26-23(28)16(2)25-22(27)14-18-10-7-9-17-8-3-4-12-20(17)18/h3-13,15-16H,14H2,1-2H3,(H,25,27)(H,26,28)/t15?,16-/m0/s1. The van der Waals surface area contributed by atoms with Crippen LogP contribution < -0.4 is 10.6 Å². The second-order valence-electron chi connectivity index (χ2n) is 6.86. The maximum absolute atomic E-state index is 12.5. The van der Waals surface area contributed by atoms with Gasteiger partial charge in [0.25, 0.3) is 0 Å². The number of hydrogen-bond acceptors (Lipinski definition) is 2. The summed E-state index contributed by atoms with van der Waals surface area (Å²) in [7, 11) is 0. The smallest absolute Gasteiger partial charge is 0.242 e. The molecule has 2 atom stereocenters. The van der Waals surface area contributed by atoms with Crippen LogP contribution in [0.25, 0.3) is 10.8 Å². The van der Waals surface area contributed by atoms with Crippen LogP contribution in [0.15, 0.2) is 66.7 Å². The largest absolute Gasteiger partial charge is 0.348 e. The first-order valence-corrected chi connectivity index (χ1v) is 9.64. The number of benzene rings is 3. The first-order chi connectivity index (χ1) is 13.5. The molecular weight excluding hydrogens is 372 g/mol. The molecule has 3 aromatic rings. The summed E-state index contributed by atoms with van der Waals surface area (Å²) in [5.41, 5.74) is 1.78. The number of hydrogen-bond donors (Lipinski definition) is 2. The molecule has 4 nitrogen and oxygen atoms in total. The molecule has 0 aliphatic rings. The van der Waals surface area contributed by atoms with Crippen LogP contribution in [0.2, 0.25) is 5.02 Å². The lowest BCUT2D eigenvalue weighted by atomic mass is 10.0. The molecule has 0 saturated carbocycles. The van der Waals surface area contributed by atoms with Crippen molar-refractivity contribution in [3.63, 3.8) is 0 Å². The van der Waals surface area contributed by atoms with Gasteiger partial charge < -0.3 is 10.6 Å². The molecule has 3 rings (SSSR count). The molecule has 0 spiro atoms. The molecule has 144 valence electrons. The van der Waals surface area contributed by atoms with Crippen molar-refractivity contribution in [2.75, 3.05) is 0 Å². The van der Waals surface area contributed by atoms with Crippen molar-refractivity contribution in [2.45, 2.75) is 32.4 Å². The van der Waals surface area contributed by atoms with Gasteiger partial charge in [0.15, 0.2) is 0 Å². The Morgan fingerprint density at radius 2 is 1.57 bits per heavy atom. The van der Waals surface area contributed by atoms with Crippen LogP contribution in [0.1, 0.15) is 31.0 Å². The number of carbonyl (C=O) groups excluding carboxylic acids is 2. The zero-order valence-corrected chi connectivity index (χ0v) is 16.7. The van der Waals surface area contributed by atoms with Crippen LogP contribution in [-0.2, 0) is 16.0 Å². The van der Waals surface area contributed by atoms with Gasteiger partial charge in [-0.3, -0.25) is 9.59 Å². The summed E-state index contributed by atoms with van der Waals surface area (Å²) >= 11 is 6.18. The van der Waals surface area contributed by atoms with Crippen molar-refractivity contribution in [3.8, 4) is 0 Å². The summed E-state index contributed by atoms with van der Waals surface area (Å²) in [6.45, 7) is 3.54. The van der Waals surface area contributed by atoms with Crippen LogP contribution in [0.3, 0.4) is 0 Å². The summed E-state index contributed by atoms with van der Waals surface area (Å²) in [5.74, 6) is -0.442. The average molecular weight is 395 g/mol. The van der Waals surface area contributed by atoms with E-state index in [-0.39, 0.29) is 24.3 Å². The Labute approximate surface area is 169 Å². The molecule has 0 aliphatic heterocycles. The van der Waals surface area contributed by atoms with Crippen molar-refractivity contribution in [3.05, 3.63) is 82.9 Å². The Hall–Kier alpha value is -2.85. The van der Waals surface area contributed by atoms with Gasteiger partial charge in [-0.2, -0.15) is 0 Å². The lowest BCUT2D eigenvalue weighted by molar-refractivity contribution is -0.128. The van der Waals surface area contributed by atoms with Crippen LogP contribution in [0, 0.1) is 0 Å². The van der Waals surface area contributed by atoms with Gasteiger partial charge >= 0.3 is 0 Å². The summed E-state index contributed by atoms with van der Waals surface area (Å²) in [5, 5.41) is 8.41. The third-order valence-electron chi connectivity index (χ3n) is 4.73. The fourth-order valence-electron chi connectivity index (χ4n) is 3.22. The molecule has 0 saturated heterocycles. The van der Waals surface area contributed by atoms with Gasteiger partial charge in [0.1, 0.15) is 6.04 Å². The summed E-state index contributed by atoms with van der Waals surface area (Å²) in [4.78, 5) is 24.9. The molecule has 3 aromatic carbocycles. The van der Waals surface area contributed by atoms with Crippen LogP contribution >= 0.6 is 11.6 Å². The minimum atomic E-state index is -0.646. The predicted octanol–water partition coefficient (Wildman–Crippen LogP) is 4.42. The summed E-state index contributed by atoms with van der Waals surface area (Å²) in [6, 6.07) is 20.3. The Morgan fingerprint density at radius 3 is 2.36 bits per heavy atom. The van der Waals surface area contributed by atoms with E-state index in [2.05, 4.69) is 10.6 Å². The van der Waals surface area contributed by atoms with Gasteiger partial charge in [-0.25, -0.2) is 0 Å². The van der Waals surface area contributed by atoms with E-state index in [1.54, 1.807) is 13.0 Å². The third kappa shape index (κ3) is 4.70. The molecule has 0 aliphatic carbocycles. The molecule has 0 bridgehead atoms. The number of nitrogens with one attached hydrogen (secondary N) is 2. The van der Waals surface area contributed by atoms with E-state index < -0.39 is 6.04 Å². The van der Waals surface area contributed by atoms with Crippen molar-refractivity contribution in [1.82, 2.24) is 10.6 Å². The topological polar surface area (TPSA) is 58.2 Å². The van der Waals surface area contributed by atoms with Gasteiger partial charge in [0.2, 0.25) is 11.8 Å². The average Bonchev–Trinajstić information content (AvgIpc) is 2.68. The van der Waals surface area contributed by atoms with Crippen LogP contribution in [0.5, 0.6) is 0 Å². The van der Waals surface area contributed by atoms with Crippen LogP contribution in [-0.4, -0.2) is 17.9 Å². The van der Waals surface area contributed by atoms with E-state index in [0.29, 0.717) is 5.02 Å². The SMILES string of the molecule is CC(NC(=O)[C@H](C)NC(=O)Cc1cccc2ccccc12)c1ccccc1Cl. The summed E-state index contributed by atoms with van der Waals surface area (Å²) < 4.78 is 0. The molecule has 2 amide bonds. The Morgan fingerprint density at radius 1 is 0.893 bits per heavy atom. The first kappa shape index (κ1) is 19.9. The second-order valence-corrected chi connectivity index (χ2v) is 7.26. The highest BCUT2D eigenvalue weighted by Crippen LogP contribution is 2.22. The molecule has 1 unspecified atom stereocenters. The Balaban J connectivity index is 1.60. The lowest BCUT2D eigenvalue weighted by Crippen LogP contribution is -2.46. The van der Waals surface area contributed by atoms with Gasteiger partial charge in [-0.05, 0) is 41.8 Å². The number of halogens is 1. The van der Waals surface area contributed by atoms with E-state index in [4.69, 9.17) is 11.6 Å². The Kier molecular flexibility index (Phi) is 6.32. The normalized spacial score (nSPS) is 13.0. The zero-order valence-electron chi connectivity index (χ0n) is 15.9.